The largest absolute Gasteiger partial charge is 0.465 e. The van der Waals surface area contributed by atoms with Crippen LogP contribution in [0, 0.1) is 6.92 Å². The first-order chi connectivity index (χ1) is 17.4. The number of methoxy groups -OCH3 is 1. The van der Waals surface area contributed by atoms with E-state index in [-0.39, 0.29) is 18.0 Å². The monoisotopic (exact) mass is 506 g/mol. The Balaban J connectivity index is 1.37. The first kappa shape index (κ1) is 25.9. The van der Waals surface area contributed by atoms with Gasteiger partial charge in [0.05, 0.1) is 25.4 Å². The average molecular weight is 507 g/mol. The van der Waals surface area contributed by atoms with Crippen LogP contribution in [0.3, 0.4) is 0 Å². The molecule has 36 heavy (non-hydrogen) atoms. The number of aryl methyl sites for hydroxylation is 1. The van der Waals surface area contributed by atoms with Gasteiger partial charge in [-0.1, -0.05) is 53.6 Å². The van der Waals surface area contributed by atoms with Crippen molar-refractivity contribution in [1.29, 1.82) is 0 Å². The fourth-order valence-electron chi connectivity index (χ4n) is 4.23. The fourth-order valence-corrected chi connectivity index (χ4v) is 4.36. The van der Waals surface area contributed by atoms with E-state index in [2.05, 4.69) is 4.90 Å². The van der Waals surface area contributed by atoms with Gasteiger partial charge in [0.1, 0.15) is 0 Å². The molecular formula is C29H31ClN2O4. The highest BCUT2D eigenvalue weighted by molar-refractivity contribution is 6.30. The molecule has 1 saturated heterocycles. The second kappa shape index (κ2) is 12.2. The van der Waals surface area contributed by atoms with Gasteiger partial charge in [-0.2, -0.15) is 0 Å². The van der Waals surface area contributed by atoms with Gasteiger partial charge in [0, 0.05) is 43.3 Å². The average Bonchev–Trinajstić information content (AvgIpc) is 2.92. The van der Waals surface area contributed by atoms with Crippen molar-refractivity contribution in [3.05, 3.63) is 106 Å². The number of piperazine rings is 1. The number of hydrogen-bond acceptors (Lipinski definition) is 5. The molecule has 7 heteroatoms. The van der Waals surface area contributed by atoms with E-state index in [0.717, 1.165) is 35.3 Å². The summed E-state index contributed by atoms with van der Waals surface area (Å²) in [6.45, 7) is 6.03. The smallest absolute Gasteiger partial charge is 0.337 e. The molecule has 3 aromatic carbocycles. The number of ether oxygens (including phenoxy) is 2. The van der Waals surface area contributed by atoms with Crippen molar-refractivity contribution in [2.45, 2.75) is 19.6 Å². The van der Waals surface area contributed by atoms with Crippen molar-refractivity contribution in [3.8, 4) is 0 Å². The third-order valence-electron chi connectivity index (χ3n) is 6.45. The predicted octanol–water partition coefficient (Wildman–Crippen LogP) is 5.15. The van der Waals surface area contributed by atoms with E-state index in [4.69, 9.17) is 21.1 Å². The molecule has 0 N–H and O–H groups in total. The number of halogens is 1. The van der Waals surface area contributed by atoms with Gasteiger partial charge in [-0.05, 0) is 54.4 Å². The number of hydrogen-bond donors (Lipinski definition) is 0. The molecule has 0 saturated carbocycles. The van der Waals surface area contributed by atoms with Crippen LogP contribution in [0.1, 0.15) is 43.5 Å². The van der Waals surface area contributed by atoms with E-state index >= 15 is 0 Å². The first-order valence-corrected chi connectivity index (χ1v) is 12.4. The molecular weight excluding hydrogens is 476 g/mol. The lowest BCUT2D eigenvalue weighted by Gasteiger charge is -2.36. The molecule has 0 unspecified atom stereocenters. The normalized spacial score (nSPS) is 14.9. The molecule has 0 spiro atoms. The quantitative estimate of drug-likeness (QED) is 0.395. The number of nitrogens with zero attached hydrogens (tertiary/aromatic N) is 2. The lowest BCUT2D eigenvalue weighted by molar-refractivity contribution is 0.00341. The highest BCUT2D eigenvalue weighted by atomic mass is 35.5. The molecule has 1 aliphatic rings. The Kier molecular flexibility index (Phi) is 8.75. The van der Waals surface area contributed by atoms with E-state index < -0.39 is 0 Å². The molecule has 0 radical (unpaired) electrons. The second-order valence-electron chi connectivity index (χ2n) is 9.00. The summed E-state index contributed by atoms with van der Waals surface area (Å²) in [5.74, 6) is -0.280. The van der Waals surface area contributed by atoms with Crippen LogP contribution in [0.5, 0.6) is 0 Å². The van der Waals surface area contributed by atoms with Gasteiger partial charge in [-0.15, -0.1) is 0 Å². The first-order valence-electron chi connectivity index (χ1n) is 12.1. The minimum atomic E-state index is -0.360. The third-order valence-corrected chi connectivity index (χ3v) is 6.70. The van der Waals surface area contributed by atoms with Crippen molar-refractivity contribution in [2.24, 2.45) is 0 Å². The zero-order valence-corrected chi connectivity index (χ0v) is 21.4. The fraction of sp³-hybridized carbons (Fsp3) is 0.310. The summed E-state index contributed by atoms with van der Waals surface area (Å²) in [6.07, 6.45) is -0.165. The van der Waals surface area contributed by atoms with Crippen molar-refractivity contribution in [1.82, 2.24) is 9.80 Å². The van der Waals surface area contributed by atoms with E-state index in [1.54, 1.807) is 12.1 Å². The maximum absolute atomic E-state index is 12.9. The zero-order chi connectivity index (χ0) is 25.5. The summed E-state index contributed by atoms with van der Waals surface area (Å²) in [7, 11) is 1.37. The van der Waals surface area contributed by atoms with Crippen LogP contribution in [0.25, 0.3) is 0 Å². The van der Waals surface area contributed by atoms with Gasteiger partial charge in [0.25, 0.3) is 5.91 Å². The highest BCUT2D eigenvalue weighted by Crippen LogP contribution is 2.24. The maximum Gasteiger partial charge on any atom is 0.337 e. The third kappa shape index (κ3) is 6.72. The number of amides is 1. The minimum absolute atomic E-state index is 0.0792. The van der Waals surface area contributed by atoms with Crippen molar-refractivity contribution >= 4 is 23.5 Å². The highest BCUT2D eigenvalue weighted by Gasteiger charge is 2.25. The number of carbonyl (C=O) groups excluding carboxylic acids is 2. The maximum atomic E-state index is 12.9. The minimum Gasteiger partial charge on any atom is -0.465 e. The molecule has 1 amide bonds. The van der Waals surface area contributed by atoms with E-state index in [9.17, 15) is 9.59 Å². The molecule has 0 bridgehead atoms. The molecule has 6 nitrogen and oxygen atoms in total. The molecule has 1 fully saturated rings. The molecule has 1 aliphatic heterocycles. The number of benzene rings is 3. The van der Waals surface area contributed by atoms with Gasteiger partial charge in [0.15, 0.2) is 0 Å². The van der Waals surface area contributed by atoms with Crippen molar-refractivity contribution < 1.29 is 19.1 Å². The van der Waals surface area contributed by atoms with E-state index in [1.807, 2.05) is 72.5 Å². The molecule has 4 rings (SSSR count). The molecule has 3 aromatic rings. The summed E-state index contributed by atoms with van der Waals surface area (Å²) in [5.41, 5.74) is 4.39. The van der Waals surface area contributed by atoms with Gasteiger partial charge < -0.3 is 14.4 Å². The van der Waals surface area contributed by atoms with E-state index in [0.29, 0.717) is 36.8 Å². The van der Waals surface area contributed by atoms with Crippen LogP contribution in [0.4, 0.5) is 0 Å². The second-order valence-corrected chi connectivity index (χ2v) is 9.43. The molecule has 0 aliphatic carbocycles. The summed E-state index contributed by atoms with van der Waals surface area (Å²) < 4.78 is 11.1. The van der Waals surface area contributed by atoms with Crippen molar-refractivity contribution in [2.75, 3.05) is 39.8 Å². The standard InChI is InChI=1S/C29H31ClN2O4/c1-21-3-7-24(8-4-21)28(33)32-17-15-31(16-18-32)19-27(23-11-13-26(30)14-12-23)36-20-22-5-9-25(10-6-22)29(34)35-2/h3-14,27H,15-20H2,1-2H3/t27-/m0/s1. The Morgan fingerprint density at radius 3 is 2.08 bits per heavy atom. The topological polar surface area (TPSA) is 59.1 Å². The summed E-state index contributed by atoms with van der Waals surface area (Å²) >= 11 is 6.11. The number of esters is 1. The molecule has 0 aromatic heterocycles. The van der Waals surface area contributed by atoms with Gasteiger partial charge in [0.2, 0.25) is 0 Å². The Hall–Kier alpha value is -3.19. The van der Waals surface area contributed by atoms with Gasteiger partial charge in [-0.25, -0.2) is 4.79 Å². The lowest BCUT2D eigenvalue weighted by atomic mass is 10.1. The molecule has 1 atom stereocenters. The number of rotatable bonds is 8. The Morgan fingerprint density at radius 2 is 1.47 bits per heavy atom. The predicted molar refractivity (Wildman–Crippen MR) is 140 cm³/mol. The van der Waals surface area contributed by atoms with Crippen molar-refractivity contribution in [3.63, 3.8) is 0 Å². The zero-order valence-electron chi connectivity index (χ0n) is 20.7. The molecule has 1 heterocycles. The SMILES string of the molecule is COC(=O)c1ccc(CO[C@@H](CN2CCN(C(=O)c3ccc(C)cc3)CC2)c2ccc(Cl)cc2)cc1. The Labute approximate surface area is 217 Å². The van der Waals surface area contributed by atoms with Crippen LogP contribution < -0.4 is 0 Å². The van der Waals surface area contributed by atoms with E-state index in [1.165, 1.54) is 7.11 Å². The lowest BCUT2D eigenvalue weighted by Crippen LogP contribution is -2.49. The van der Waals surface area contributed by atoms with Crippen LogP contribution in [0.2, 0.25) is 5.02 Å². The Bertz CT molecular complexity index is 1160. The van der Waals surface area contributed by atoms with Gasteiger partial charge >= 0.3 is 5.97 Å². The van der Waals surface area contributed by atoms with Crippen LogP contribution in [-0.4, -0.2) is 61.5 Å². The Morgan fingerprint density at radius 1 is 0.861 bits per heavy atom. The summed E-state index contributed by atoms with van der Waals surface area (Å²) in [5, 5.41) is 0.680. The summed E-state index contributed by atoms with van der Waals surface area (Å²) in [4.78, 5) is 28.8. The van der Waals surface area contributed by atoms with Crippen LogP contribution >= 0.6 is 11.6 Å². The van der Waals surface area contributed by atoms with Crippen LogP contribution in [0.15, 0.2) is 72.8 Å². The summed E-state index contributed by atoms with van der Waals surface area (Å²) in [6, 6.07) is 22.7. The number of carbonyl (C=O) groups is 2. The van der Waals surface area contributed by atoms with Crippen LogP contribution in [-0.2, 0) is 16.1 Å². The van der Waals surface area contributed by atoms with Gasteiger partial charge in [-0.3, -0.25) is 9.69 Å². The molecule has 188 valence electrons.